The van der Waals surface area contributed by atoms with Crippen molar-refractivity contribution < 1.29 is 0 Å². The van der Waals surface area contributed by atoms with Crippen LogP contribution in [0.3, 0.4) is 0 Å². The van der Waals surface area contributed by atoms with Crippen LogP contribution in [0.1, 0.15) is 64.7 Å². The summed E-state index contributed by atoms with van der Waals surface area (Å²) in [6, 6.07) is 0.797. The lowest BCUT2D eigenvalue weighted by Crippen LogP contribution is -2.54. The van der Waals surface area contributed by atoms with Gasteiger partial charge in [0, 0.05) is 25.7 Å². The summed E-state index contributed by atoms with van der Waals surface area (Å²) in [5.41, 5.74) is 0. The molecule has 0 amide bonds. The largest absolute Gasteiger partial charge is 0.311 e. The minimum atomic E-state index is 0.797. The summed E-state index contributed by atoms with van der Waals surface area (Å²) in [5, 5.41) is 3.78. The summed E-state index contributed by atoms with van der Waals surface area (Å²) in [5.74, 6) is 0.970. The van der Waals surface area contributed by atoms with Crippen molar-refractivity contribution in [3.8, 4) is 0 Å². The summed E-state index contributed by atoms with van der Waals surface area (Å²) in [4.78, 5) is 2.71. The lowest BCUT2D eigenvalue weighted by molar-refractivity contribution is 0.144. The molecule has 1 unspecified atom stereocenters. The number of piperazine rings is 1. The highest BCUT2D eigenvalue weighted by atomic mass is 15.2. The van der Waals surface area contributed by atoms with E-state index in [0.717, 1.165) is 12.0 Å². The van der Waals surface area contributed by atoms with Gasteiger partial charge < -0.3 is 10.2 Å². The Morgan fingerprint density at radius 2 is 1.89 bits per heavy atom. The molecular formula is C16H32N2. The van der Waals surface area contributed by atoms with Gasteiger partial charge >= 0.3 is 0 Å². The van der Waals surface area contributed by atoms with Crippen LogP contribution in [-0.4, -0.2) is 37.1 Å². The molecule has 1 saturated carbocycles. The van der Waals surface area contributed by atoms with Crippen molar-refractivity contribution in [2.24, 2.45) is 5.92 Å². The SMILES string of the molecule is CCCCCCN1CCNC(C2CCCCC2)C1. The summed E-state index contributed by atoms with van der Waals surface area (Å²) < 4.78 is 0. The summed E-state index contributed by atoms with van der Waals surface area (Å²) in [6.45, 7) is 7.44. The number of hydrogen-bond donors (Lipinski definition) is 1. The zero-order valence-electron chi connectivity index (χ0n) is 12.3. The van der Waals surface area contributed by atoms with Gasteiger partial charge in [0.15, 0.2) is 0 Å². The van der Waals surface area contributed by atoms with Crippen LogP contribution in [-0.2, 0) is 0 Å². The van der Waals surface area contributed by atoms with Crippen LogP contribution in [0, 0.1) is 5.92 Å². The Balaban J connectivity index is 1.67. The summed E-state index contributed by atoms with van der Waals surface area (Å²) >= 11 is 0. The van der Waals surface area contributed by atoms with Crippen LogP contribution < -0.4 is 5.32 Å². The number of nitrogens with one attached hydrogen (secondary N) is 1. The molecule has 2 heteroatoms. The predicted octanol–water partition coefficient (Wildman–Crippen LogP) is 3.42. The molecule has 0 spiro atoms. The number of unbranched alkanes of at least 4 members (excludes halogenated alkanes) is 3. The number of nitrogens with zero attached hydrogens (tertiary/aromatic N) is 1. The Bertz CT molecular complexity index is 211. The van der Waals surface area contributed by atoms with E-state index in [9.17, 15) is 0 Å². The molecule has 2 rings (SSSR count). The lowest BCUT2D eigenvalue weighted by Gasteiger charge is -2.39. The van der Waals surface area contributed by atoms with Crippen molar-refractivity contribution in [2.75, 3.05) is 26.2 Å². The molecule has 106 valence electrons. The number of hydrogen-bond acceptors (Lipinski definition) is 2. The van der Waals surface area contributed by atoms with E-state index in [4.69, 9.17) is 0 Å². The molecular weight excluding hydrogens is 220 g/mol. The fourth-order valence-electron chi connectivity index (χ4n) is 3.66. The summed E-state index contributed by atoms with van der Waals surface area (Å²) in [6.07, 6.45) is 13.0. The minimum absolute atomic E-state index is 0.797. The van der Waals surface area contributed by atoms with E-state index >= 15 is 0 Å². The van der Waals surface area contributed by atoms with E-state index in [1.54, 1.807) is 0 Å². The second kappa shape index (κ2) is 8.16. The van der Waals surface area contributed by atoms with Gasteiger partial charge in [-0.25, -0.2) is 0 Å². The van der Waals surface area contributed by atoms with Gasteiger partial charge in [-0.1, -0.05) is 45.4 Å². The van der Waals surface area contributed by atoms with Crippen LogP contribution >= 0.6 is 0 Å². The Kier molecular flexibility index (Phi) is 6.50. The molecule has 1 N–H and O–H groups in total. The van der Waals surface area contributed by atoms with Gasteiger partial charge in [0.05, 0.1) is 0 Å². The van der Waals surface area contributed by atoms with Crippen molar-refractivity contribution in [3.63, 3.8) is 0 Å². The molecule has 18 heavy (non-hydrogen) atoms. The Hall–Kier alpha value is -0.0800. The quantitative estimate of drug-likeness (QED) is 0.729. The minimum Gasteiger partial charge on any atom is -0.311 e. The topological polar surface area (TPSA) is 15.3 Å². The maximum absolute atomic E-state index is 3.78. The zero-order valence-corrected chi connectivity index (χ0v) is 12.3. The normalized spacial score (nSPS) is 27.5. The Labute approximate surface area is 114 Å². The van der Waals surface area contributed by atoms with E-state index in [1.165, 1.54) is 84.0 Å². The first kappa shape index (κ1) is 14.3. The van der Waals surface area contributed by atoms with Crippen molar-refractivity contribution in [2.45, 2.75) is 70.8 Å². The van der Waals surface area contributed by atoms with Crippen LogP contribution in [0.5, 0.6) is 0 Å². The van der Waals surface area contributed by atoms with Gasteiger partial charge in [0.1, 0.15) is 0 Å². The van der Waals surface area contributed by atoms with Crippen molar-refractivity contribution >= 4 is 0 Å². The monoisotopic (exact) mass is 252 g/mol. The van der Waals surface area contributed by atoms with E-state index in [2.05, 4.69) is 17.1 Å². The molecule has 0 radical (unpaired) electrons. The third-order valence-electron chi connectivity index (χ3n) is 4.84. The lowest BCUT2D eigenvalue weighted by atomic mass is 9.83. The van der Waals surface area contributed by atoms with Crippen molar-refractivity contribution in [3.05, 3.63) is 0 Å². The fraction of sp³-hybridized carbons (Fsp3) is 1.00. The average Bonchev–Trinajstić information content (AvgIpc) is 2.45. The van der Waals surface area contributed by atoms with E-state index in [1.807, 2.05) is 0 Å². The first-order valence-electron chi connectivity index (χ1n) is 8.36. The van der Waals surface area contributed by atoms with Crippen molar-refractivity contribution in [1.29, 1.82) is 0 Å². The molecule has 2 fully saturated rings. The van der Waals surface area contributed by atoms with Gasteiger partial charge in [-0.2, -0.15) is 0 Å². The average molecular weight is 252 g/mol. The fourth-order valence-corrected chi connectivity index (χ4v) is 3.66. The second-order valence-electron chi connectivity index (χ2n) is 6.32. The van der Waals surface area contributed by atoms with Gasteiger partial charge in [-0.05, 0) is 31.7 Å². The molecule has 1 aliphatic carbocycles. The molecule has 2 aliphatic rings. The first-order chi connectivity index (χ1) is 8.90. The maximum atomic E-state index is 3.78. The van der Waals surface area contributed by atoms with Gasteiger partial charge in [-0.15, -0.1) is 0 Å². The third-order valence-corrected chi connectivity index (χ3v) is 4.84. The van der Waals surface area contributed by atoms with Gasteiger partial charge in [-0.3, -0.25) is 0 Å². The molecule has 0 aromatic heterocycles. The molecule has 0 bridgehead atoms. The molecule has 0 aromatic carbocycles. The Morgan fingerprint density at radius 3 is 2.67 bits per heavy atom. The third kappa shape index (κ3) is 4.55. The molecule has 1 saturated heterocycles. The van der Waals surface area contributed by atoms with E-state index < -0.39 is 0 Å². The standard InChI is InChI=1S/C16H32N2/c1-2-3-4-8-12-18-13-11-17-16(14-18)15-9-6-5-7-10-15/h15-17H,2-14H2,1H3. The van der Waals surface area contributed by atoms with Crippen molar-refractivity contribution in [1.82, 2.24) is 10.2 Å². The van der Waals surface area contributed by atoms with Crippen LogP contribution in [0.2, 0.25) is 0 Å². The van der Waals surface area contributed by atoms with Crippen LogP contribution in [0.25, 0.3) is 0 Å². The van der Waals surface area contributed by atoms with E-state index in [0.29, 0.717) is 0 Å². The highest BCUT2D eigenvalue weighted by Crippen LogP contribution is 2.27. The zero-order chi connectivity index (χ0) is 12.6. The highest BCUT2D eigenvalue weighted by Gasteiger charge is 2.27. The molecule has 0 aromatic rings. The smallest absolute Gasteiger partial charge is 0.0223 e. The van der Waals surface area contributed by atoms with Crippen LogP contribution in [0.4, 0.5) is 0 Å². The predicted molar refractivity (Wildman–Crippen MR) is 78.9 cm³/mol. The van der Waals surface area contributed by atoms with E-state index in [-0.39, 0.29) is 0 Å². The molecule has 2 nitrogen and oxygen atoms in total. The number of rotatable bonds is 6. The second-order valence-corrected chi connectivity index (χ2v) is 6.32. The maximum Gasteiger partial charge on any atom is 0.0223 e. The molecule has 1 atom stereocenters. The first-order valence-corrected chi connectivity index (χ1v) is 8.36. The summed E-state index contributed by atoms with van der Waals surface area (Å²) in [7, 11) is 0. The molecule has 1 heterocycles. The Morgan fingerprint density at radius 1 is 1.06 bits per heavy atom. The van der Waals surface area contributed by atoms with Gasteiger partial charge in [0.25, 0.3) is 0 Å². The van der Waals surface area contributed by atoms with Gasteiger partial charge in [0.2, 0.25) is 0 Å². The van der Waals surface area contributed by atoms with Crippen LogP contribution in [0.15, 0.2) is 0 Å². The highest BCUT2D eigenvalue weighted by molar-refractivity contribution is 4.85. The molecule has 1 aliphatic heterocycles.